The number of methoxy groups -OCH3 is 1. The molecule has 3 N–H and O–H groups in total. The van der Waals surface area contributed by atoms with Crippen molar-refractivity contribution in [1.29, 1.82) is 0 Å². The summed E-state index contributed by atoms with van der Waals surface area (Å²) >= 11 is 0. The van der Waals surface area contributed by atoms with E-state index in [1.807, 2.05) is 0 Å². The highest BCUT2D eigenvalue weighted by Crippen LogP contribution is 2.44. The number of phenols is 1. The molecule has 0 bridgehead atoms. The molecule has 7 nitrogen and oxygen atoms in total. The molecule has 3 rings (SSSR count). The zero-order valence-electron chi connectivity index (χ0n) is 15.9. The Morgan fingerprint density at radius 2 is 2.00 bits per heavy atom. The summed E-state index contributed by atoms with van der Waals surface area (Å²) in [5.74, 6) is -0.498. The molecule has 1 heterocycles. The van der Waals surface area contributed by atoms with Crippen molar-refractivity contribution in [2.24, 2.45) is 0 Å². The van der Waals surface area contributed by atoms with Crippen molar-refractivity contribution in [3.63, 3.8) is 0 Å². The molecule has 0 saturated heterocycles. The summed E-state index contributed by atoms with van der Waals surface area (Å²) in [7, 11) is 1.33. The summed E-state index contributed by atoms with van der Waals surface area (Å²) in [6, 6.07) is 6.23. The molecule has 2 aromatic rings. The van der Waals surface area contributed by atoms with E-state index in [-0.39, 0.29) is 40.7 Å². The maximum absolute atomic E-state index is 12.7. The summed E-state index contributed by atoms with van der Waals surface area (Å²) < 4.78 is 16.5. The number of hydrogen-bond donors (Lipinski definition) is 3. The Morgan fingerprint density at radius 3 is 2.64 bits per heavy atom. The first-order valence-corrected chi connectivity index (χ1v) is 8.64. The van der Waals surface area contributed by atoms with Crippen molar-refractivity contribution >= 4 is 5.97 Å². The molecule has 1 aliphatic rings. The second-order valence-electron chi connectivity index (χ2n) is 6.75. The number of phenolic OH excluding ortho intramolecular Hbond substituents is 1. The van der Waals surface area contributed by atoms with Crippen LogP contribution < -0.4 is 9.47 Å². The predicted molar refractivity (Wildman–Crippen MR) is 101 cm³/mol. The normalized spacial score (nSPS) is 15.1. The van der Waals surface area contributed by atoms with E-state index >= 15 is 0 Å². The number of carbonyl (C=O) groups excluding carboxylic acids is 1. The van der Waals surface area contributed by atoms with Crippen molar-refractivity contribution in [3.8, 4) is 23.0 Å². The lowest BCUT2D eigenvalue weighted by Gasteiger charge is -2.25. The monoisotopic (exact) mass is 386 g/mol. The number of ether oxygens (including phenoxy) is 3. The smallest absolute Gasteiger partial charge is 0.346 e. The lowest BCUT2D eigenvalue weighted by atomic mass is 9.96. The van der Waals surface area contributed by atoms with Gasteiger partial charge in [-0.05, 0) is 49.2 Å². The lowest BCUT2D eigenvalue weighted by Crippen LogP contribution is -2.21. The number of aliphatic hydroxyl groups is 2. The lowest BCUT2D eigenvalue weighted by molar-refractivity contribution is 0.0385. The van der Waals surface area contributed by atoms with E-state index in [1.54, 1.807) is 26.0 Å². The minimum Gasteiger partial charge on any atom is -0.504 e. The SMILES string of the molecule is C=C(C)[C@H](O)[C@@H](O)c1ccc2c(c1OC)C(=O)OCc1cc(C)cc(O)c1O2. The van der Waals surface area contributed by atoms with E-state index in [1.165, 1.54) is 19.2 Å². The van der Waals surface area contributed by atoms with Gasteiger partial charge in [0.15, 0.2) is 11.5 Å². The van der Waals surface area contributed by atoms with Gasteiger partial charge in [0.25, 0.3) is 0 Å². The van der Waals surface area contributed by atoms with Crippen LogP contribution in [0.25, 0.3) is 0 Å². The van der Waals surface area contributed by atoms with Gasteiger partial charge in [-0.1, -0.05) is 6.58 Å². The van der Waals surface area contributed by atoms with E-state index < -0.39 is 18.2 Å². The third kappa shape index (κ3) is 3.42. The molecule has 2 aromatic carbocycles. The Morgan fingerprint density at radius 1 is 1.29 bits per heavy atom. The number of aryl methyl sites for hydroxylation is 1. The molecule has 1 aliphatic heterocycles. The number of aromatic hydroxyl groups is 1. The number of cyclic esters (lactones) is 1. The largest absolute Gasteiger partial charge is 0.504 e. The number of hydrogen-bond acceptors (Lipinski definition) is 7. The van der Waals surface area contributed by atoms with Gasteiger partial charge in [0.05, 0.1) is 7.11 Å². The third-order valence-electron chi connectivity index (χ3n) is 4.54. The van der Waals surface area contributed by atoms with Gasteiger partial charge in [-0.15, -0.1) is 0 Å². The van der Waals surface area contributed by atoms with Gasteiger partial charge in [0.2, 0.25) is 0 Å². The predicted octanol–water partition coefficient (Wildman–Crippen LogP) is 3.14. The number of fused-ring (bicyclic) bond motifs is 2. The fourth-order valence-corrected chi connectivity index (χ4v) is 3.13. The van der Waals surface area contributed by atoms with E-state index in [4.69, 9.17) is 14.2 Å². The number of aliphatic hydroxyl groups excluding tert-OH is 2. The number of benzene rings is 2. The van der Waals surface area contributed by atoms with E-state index in [2.05, 4.69) is 6.58 Å². The average molecular weight is 386 g/mol. The highest BCUT2D eigenvalue weighted by atomic mass is 16.5. The Hall–Kier alpha value is -3.03. The fourth-order valence-electron chi connectivity index (χ4n) is 3.13. The van der Waals surface area contributed by atoms with Crippen molar-refractivity contribution in [2.75, 3.05) is 7.11 Å². The van der Waals surface area contributed by atoms with Crippen molar-refractivity contribution in [3.05, 3.63) is 58.7 Å². The zero-order chi connectivity index (χ0) is 20.6. The molecule has 0 saturated carbocycles. The van der Waals surface area contributed by atoms with Crippen molar-refractivity contribution < 1.29 is 34.3 Å². The highest BCUT2D eigenvalue weighted by molar-refractivity contribution is 5.96. The standard InChI is InChI=1S/C21H22O7/c1-10(2)17(23)18(24)13-5-6-15-16(20(13)26-4)21(25)27-9-12-7-11(3)8-14(22)19(12)28-15/h5-8,17-18,22-24H,1,9H2,2-4H3/t17-,18-/m0/s1. The molecular formula is C21H22O7. The quantitative estimate of drug-likeness (QED) is 0.547. The summed E-state index contributed by atoms with van der Waals surface area (Å²) in [6.45, 7) is 6.91. The van der Waals surface area contributed by atoms with Gasteiger partial charge in [0.1, 0.15) is 35.9 Å². The van der Waals surface area contributed by atoms with Gasteiger partial charge in [-0.25, -0.2) is 4.79 Å². The molecule has 7 heteroatoms. The molecule has 28 heavy (non-hydrogen) atoms. The van der Waals surface area contributed by atoms with Gasteiger partial charge >= 0.3 is 5.97 Å². The van der Waals surface area contributed by atoms with E-state index in [9.17, 15) is 20.1 Å². The van der Waals surface area contributed by atoms with Gasteiger partial charge in [-0.3, -0.25) is 0 Å². The summed E-state index contributed by atoms with van der Waals surface area (Å²) in [6.07, 6.45) is -2.61. The van der Waals surface area contributed by atoms with E-state index in [0.29, 0.717) is 11.1 Å². The molecule has 0 unspecified atom stereocenters. The highest BCUT2D eigenvalue weighted by Gasteiger charge is 2.31. The topological polar surface area (TPSA) is 105 Å². The second-order valence-corrected chi connectivity index (χ2v) is 6.75. The molecule has 0 radical (unpaired) electrons. The van der Waals surface area contributed by atoms with Crippen molar-refractivity contribution in [2.45, 2.75) is 32.7 Å². The first-order valence-electron chi connectivity index (χ1n) is 8.64. The van der Waals surface area contributed by atoms with Crippen LogP contribution in [-0.2, 0) is 11.3 Å². The Bertz CT molecular complexity index is 948. The van der Waals surface area contributed by atoms with Crippen LogP contribution in [0.1, 0.15) is 40.1 Å². The molecule has 0 fully saturated rings. The molecular weight excluding hydrogens is 364 g/mol. The molecule has 0 spiro atoms. The Balaban J connectivity index is 2.16. The fraction of sp³-hybridized carbons (Fsp3) is 0.286. The first kappa shape index (κ1) is 19.7. The maximum atomic E-state index is 12.7. The van der Waals surface area contributed by atoms with Gasteiger partial charge in [-0.2, -0.15) is 0 Å². The molecule has 0 aromatic heterocycles. The minimum atomic E-state index is -1.36. The first-order chi connectivity index (χ1) is 13.2. The molecule has 0 aliphatic carbocycles. The zero-order valence-corrected chi connectivity index (χ0v) is 15.9. The Labute approximate surface area is 162 Å². The molecule has 2 atom stereocenters. The van der Waals surface area contributed by atoms with Gasteiger partial charge in [0, 0.05) is 11.1 Å². The van der Waals surface area contributed by atoms with Crippen LogP contribution in [0.15, 0.2) is 36.4 Å². The van der Waals surface area contributed by atoms with Gasteiger partial charge < -0.3 is 29.5 Å². The molecule has 0 amide bonds. The van der Waals surface area contributed by atoms with Crippen LogP contribution >= 0.6 is 0 Å². The average Bonchev–Trinajstić information content (AvgIpc) is 2.65. The van der Waals surface area contributed by atoms with Crippen LogP contribution in [0, 0.1) is 6.92 Å². The minimum absolute atomic E-state index is 0.0188. The van der Waals surface area contributed by atoms with Crippen LogP contribution in [0.3, 0.4) is 0 Å². The summed E-state index contributed by atoms with van der Waals surface area (Å²) in [5.41, 5.74) is 1.82. The number of esters is 1. The number of rotatable bonds is 4. The van der Waals surface area contributed by atoms with Crippen LogP contribution in [0.4, 0.5) is 0 Å². The third-order valence-corrected chi connectivity index (χ3v) is 4.54. The Kier molecular flexibility index (Phi) is 5.31. The van der Waals surface area contributed by atoms with Crippen molar-refractivity contribution in [1.82, 2.24) is 0 Å². The van der Waals surface area contributed by atoms with Crippen LogP contribution in [0.5, 0.6) is 23.0 Å². The summed E-state index contributed by atoms with van der Waals surface area (Å²) in [4.78, 5) is 12.7. The summed E-state index contributed by atoms with van der Waals surface area (Å²) in [5, 5.41) is 30.9. The van der Waals surface area contributed by atoms with Crippen LogP contribution in [0.2, 0.25) is 0 Å². The second kappa shape index (κ2) is 7.53. The maximum Gasteiger partial charge on any atom is 0.346 e. The molecule has 148 valence electrons. The van der Waals surface area contributed by atoms with Crippen LogP contribution in [-0.4, -0.2) is 34.5 Å². The van der Waals surface area contributed by atoms with E-state index in [0.717, 1.165) is 5.56 Å². The number of carbonyl (C=O) groups is 1.